The molecule has 0 aromatic heterocycles. The number of anilines is 1. The zero-order valence-electron chi connectivity index (χ0n) is 10.4. The van der Waals surface area contributed by atoms with E-state index >= 15 is 0 Å². The maximum Gasteiger partial charge on any atom is 0.229 e. The number of nitrogens with one attached hydrogen (secondary N) is 1. The highest BCUT2D eigenvalue weighted by atomic mass is 79.9. The van der Waals surface area contributed by atoms with Gasteiger partial charge in [-0.25, -0.2) is 8.42 Å². The smallest absolute Gasteiger partial charge is 0.229 e. The minimum atomic E-state index is -3.38. The zero-order chi connectivity index (χ0) is 14.8. The fourth-order valence-electron chi connectivity index (χ4n) is 1.52. The van der Waals surface area contributed by atoms with Crippen LogP contribution >= 0.6 is 27.5 Å². The lowest BCUT2D eigenvalue weighted by Gasteiger charge is -2.12. The highest BCUT2D eigenvalue weighted by molar-refractivity contribution is 9.10. The predicted octanol–water partition coefficient (Wildman–Crippen LogP) is 4.27. The highest BCUT2D eigenvalue weighted by Gasteiger charge is 2.10. The summed E-state index contributed by atoms with van der Waals surface area (Å²) >= 11 is 9.38. The first kappa shape index (κ1) is 15.2. The maximum absolute atomic E-state index is 11.3. The standard InChI is InChI=1S/C13H11BrClNO3S/c1-20(17,18)16-11-4-2-3-5-13(11)19-12-7-6-9(14)8-10(12)15/h2-8,16H,1H3. The number of rotatable bonds is 4. The summed E-state index contributed by atoms with van der Waals surface area (Å²) in [5.74, 6) is 0.819. The van der Waals surface area contributed by atoms with Crippen LogP contribution in [-0.4, -0.2) is 14.7 Å². The molecule has 0 saturated heterocycles. The summed E-state index contributed by atoms with van der Waals surface area (Å²) in [6, 6.07) is 11.9. The van der Waals surface area contributed by atoms with Crippen LogP contribution in [0.5, 0.6) is 11.5 Å². The van der Waals surface area contributed by atoms with E-state index in [2.05, 4.69) is 20.7 Å². The van der Waals surface area contributed by atoms with Gasteiger partial charge in [0.05, 0.1) is 17.0 Å². The molecule has 0 aliphatic heterocycles. The molecule has 4 nitrogen and oxygen atoms in total. The van der Waals surface area contributed by atoms with Crippen LogP contribution in [0.2, 0.25) is 5.02 Å². The molecule has 0 bridgehead atoms. The van der Waals surface area contributed by atoms with E-state index in [-0.39, 0.29) is 0 Å². The molecule has 0 unspecified atom stereocenters. The van der Waals surface area contributed by atoms with Gasteiger partial charge in [-0.1, -0.05) is 39.7 Å². The molecule has 0 atom stereocenters. The third-order valence-corrected chi connectivity index (χ3v) is 3.68. The van der Waals surface area contributed by atoms with E-state index in [1.807, 2.05) is 0 Å². The van der Waals surface area contributed by atoms with Gasteiger partial charge in [0.2, 0.25) is 10.0 Å². The molecule has 0 spiro atoms. The molecule has 0 fully saturated rings. The van der Waals surface area contributed by atoms with Gasteiger partial charge >= 0.3 is 0 Å². The predicted molar refractivity (Wildman–Crippen MR) is 84.1 cm³/mol. The average molecular weight is 377 g/mol. The van der Waals surface area contributed by atoms with Crippen molar-refractivity contribution in [3.8, 4) is 11.5 Å². The van der Waals surface area contributed by atoms with Crippen LogP contribution in [-0.2, 0) is 10.0 Å². The first-order chi connectivity index (χ1) is 9.35. The van der Waals surface area contributed by atoms with E-state index < -0.39 is 10.0 Å². The quantitative estimate of drug-likeness (QED) is 0.867. The van der Waals surface area contributed by atoms with Crippen molar-refractivity contribution >= 4 is 43.2 Å². The first-order valence-corrected chi connectivity index (χ1v) is 8.61. The number of sulfonamides is 1. The summed E-state index contributed by atoms with van der Waals surface area (Å²) in [6.45, 7) is 0. The Balaban J connectivity index is 2.34. The Bertz CT molecular complexity index is 734. The van der Waals surface area contributed by atoms with Crippen molar-refractivity contribution in [3.05, 3.63) is 52.0 Å². The van der Waals surface area contributed by atoms with Crippen LogP contribution < -0.4 is 9.46 Å². The second-order valence-corrected chi connectivity index (χ2v) is 7.12. The van der Waals surface area contributed by atoms with Crippen molar-refractivity contribution in [3.63, 3.8) is 0 Å². The molecule has 0 amide bonds. The Morgan fingerprint density at radius 1 is 1.15 bits per heavy atom. The highest BCUT2D eigenvalue weighted by Crippen LogP contribution is 2.35. The molecular formula is C13H11BrClNO3S. The average Bonchev–Trinajstić information content (AvgIpc) is 2.33. The van der Waals surface area contributed by atoms with Gasteiger partial charge in [0.15, 0.2) is 5.75 Å². The fourth-order valence-corrected chi connectivity index (χ4v) is 2.80. The van der Waals surface area contributed by atoms with Crippen LogP contribution in [0.25, 0.3) is 0 Å². The van der Waals surface area contributed by atoms with E-state index in [1.165, 1.54) is 0 Å². The Kier molecular flexibility index (Phi) is 4.57. The van der Waals surface area contributed by atoms with Gasteiger partial charge in [0, 0.05) is 4.47 Å². The third-order valence-electron chi connectivity index (χ3n) is 2.30. The third kappa shape index (κ3) is 4.13. The lowest BCUT2D eigenvalue weighted by atomic mass is 10.3. The molecule has 0 saturated carbocycles. The lowest BCUT2D eigenvalue weighted by Crippen LogP contribution is -2.10. The van der Waals surface area contributed by atoms with Gasteiger partial charge in [0.25, 0.3) is 0 Å². The van der Waals surface area contributed by atoms with Crippen molar-refractivity contribution in [1.82, 2.24) is 0 Å². The Morgan fingerprint density at radius 2 is 1.85 bits per heavy atom. The van der Waals surface area contributed by atoms with Gasteiger partial charge < -0.3 is 4.74 Å². The van der Waals surface area contributed by atoms with E-state index in [0.717, 1.165) is 10.7 Å². The monoisotopic (exact) mass is 375 g/mol. The number of ether oxygens (including phenoxy) is 1. The summed E-state index contributed by atoms with van der Waals surface area (Å²) < 4.78 is 31.5. The van der Waals surface area contributed by atoms with Gasteiger partial charge in [0.1, 0.15) is 5.75 Å². The van der Waals surface area contributed by atoms with E-state index in [9.17, 15) is 8.42 Å². The molecule has 0 aliphatic carbocycles. The molecule has 1 N–H and O–H groups in total. The zero-order valence-corrected chi connectivity index (χ0v) is 13.6. The summed E-state index contributed by atoms with van der Waals surface area (Å²) in [6.07, 6.45) is 1.08. The van der Waals surface area contributed by atoms with Crippen molar-refractivity contribution in [2.45, 2.75) is 0 Å². The Labute approximate surface area is 130 Å². The molecular weight excluding hydrogens is 366 g/mol. The van der Waals surface area contributed by atoms with Crippen LogP contribution in [0, 0.1) is 0 Å². The number of halogens is 2. The summed E-state index contributed by atoms with van der Waals surface area (Å²) in [7, 11) is -3.38. The van der Waals surface area contributed by atoms with Gasteiger partial charge in [-0.15, -0.1) is 0 Å². The Morgan fingerprint density at radius 3 is 2.50 bits per heavy atom. The van der Waals surface area contributed by atoms with Crippen LogP contribution in [0.4, 0.5) is 5.69 Å². The van der Waals surface area contributed by atoms with Crippen LogP contribution in [0.3, 0.4) is 0 Å². The number of hydrogen-bond acceptors (Lipinski definition) is 3. The maximum atomic E-state index is 11.3. The van der Waals surface area contributed by atoms with E-state index in [1.54, 1.807) is 42.5 Å². The van der Waals surface area contributed by atoms with Gasteiger partial charge in [-0.2, -0.15) is 0 Å². The summed E-state index contributed by atoms with van der Waals surface area (Å²) in [4.78, 5) is 0. The molecule has 0 heterocycles. The topological polar surface area (TPSA) is 55.4 Å². The molecule has 0 radical (unpaired) electrons. The second kappa shape index (κ2) is 6.03. The van der Waals surface area contributed by atoms with E-state index in [0.29, 0.717) is 22.2 Å². The molecule has 20 heavy (non-hydrogen) atoms. The van der Waals surface area contributed by atoms with Crippen LogP contribution in [0.1, 0.15) is 0 Å². The summed E-state index contributed by atoms with van der Waals surface area (Å²) in [5, 5.41) is 0.425. The number of hydrogen-bond donors (Lipinski definition) is 1. The van der Waals surface area contributed by atoms with E-state index in [4.69, 9.17) is 16.3 Å². The first-order valence-electron chi connectivity index (χ1n) is 5.55. The van der Waals surface area contributed by atoms with Crippen LogP contribution in [0.15, 0.2) is 46.9 Å². The van der Waals surface area contributed by atoms with Gasteiger partial charge in [-0.05, 0) is 30.3 Å². The van der Waals surface area contributed by atoms with Crippen molar-refractivity contribution in [2.24, 2.45) is 0 Å². The molecule has 2 aromatic carbocycles. The van der Waals surface area contributed by atoms with Gasteiger partial charge in [-0.3, -0.25) is 4.72 Å². The lowest BCUT2D eigenvalue weighted by molar-refractivity contribution is 0.485. The molecule has 2 aromatic rings. The summed E-state index contributed by atoms with van der Waals surface area (Å²) in [5.41, 5.74) is 0.356. The SMILES string of the molecule is CS(=O)(=O)Nc1ccccc1Oc1ccc(Br)cc1Cl. The van der Waals surface area contributed by atoms with Crippen molar-refractivity contribution in [1.29, 1.82) is 0 Å². The van der Waals surface area contributed by atoms with Crippen molar-refractivity contribution in [2.75, 3.05) is 11.0 Å². The number of para-hydroxylation sites is 2. The molecule has 0 aliphatic rings. The number of benzene rings is 2. The van der Waals surface area contributed by atoms with Crippen molar-refractivity contribution < 1.29 is 13.2 Å². The molecule has 7 heteroatoms. The Hall–Kier alpha value is -1.24. The largest absolute Gasteiger partial charge is 0.454 e. The normalized spacial score (nSPS) is 11.2. The second-order valence-electron chi connectivity index (χ2n) is 4.05. The minimum absolute atomic E-state index is 0.356. The fraction of sp³-hybridized carbons (Fsp3) is 0.0769. The molecule has 2 rings (SSSR count). The molecule has 106 valence electrons. The minimum Gasteiger partial charge on any atom is -0.454 e.